The number of anilines is 1. The van der Waals surface area contributed by atoms with Crippen molar-refractivity contribution in [3.8, 4) is 0 Å². The van der Waals surface area contributed by atoms with Crippen LogP contribution in [0.5, 0.6) is 0 Å². The molecule has 2 aromatic heterocycles. The second-order valence-corrected chi connectivity index (χ2v) is 7.85. The minimum Gasteiger partial charge on any atom is -0.451 e. The summed E-state index contributed by atoms with van der Waals surface area (Å²) < 4.78 is 5.70. The highest BCUT2D eigenvalue weighted by Gasteiger charge is 2.27. The zero-order chi connectivity index (χ0) is 19.0. The van der Waals surface area contributed by atoms with Gasteiger partial charge in [0.1, 0.15) is 5.58 Å². The number of benzene rings is 1. The third-order valence-corrected chi connectivity index (χ3v) is 5.29. The normalized spacial score (nSPS) is 13.7. The molecule has 3 amide bonds. The zero-order valence-corrected chi connectivity index (χ0v) is 15.9. The van der Waals surface area contributed by atoms with Crippen LogP contribution in [0.1, 0.15) is 35.0 Å². The third-order valence-electron chi connectivity index (χ3n) is 4.29. The quantitative estimate of drug-likeness (QED) is 0.722. The summed E-state index contributed by atoms with van der Waals surface area (Å²) in [5.74, 6) is 0.219. The first kappa shape index (κ1) is 17.5. The molecule has 0 saturated carbocycles. The highest BCUT2D eigenvalue weighted by Crippen LogP contribution is 2.29. The highest BCUT2D eigenvalue weighted by atomic mass is 32.1. The van der Waals surface area contributed by atoms with Crippen LogP contribution in [-0.4, -0.2) is 34.4 Å². The van der Waals surface area contributed by atoms with Gasteiger partial charge in [0.05, 0.1) is 12.2 Å². The van der Waals surface area contributed by atoms with Crippen LogP contribution in [0.4, 0.5) is 9.93 Å². The average Bonchev–Trinajstić information content (AvgIpc) is 3.22. The Balaban J connectivity index is 1.47. The molecule has 1 aliphatic heterocycles. The first-order chi connectivity index (χ1) is 13.0. The van der Waals surface area contributed by atoms with Gasteiger partial charge >= 0.3 is 6.03 Å². The molecule has 7 nitrogen and oxygen atoms in total. The number of hydrogen-bond donors (Lipinski definition) is 2. The van der Waals surface area contributed by atoms with Crippen LogP contribution in [0, 0.1) is 0 Å². The Morgan fingerprint density at radius 1 is 1.30 bits per heavy atom. The Morgan fingerprint density at radius 2 is 2.11 bits per heavy atom. The van der Waals surface area contributed by atoms with Crippen molar-refractivity contribution in [3.63, 3.8) is 0 Å². The van der Waals surface area contributed by atoms with Crippen molar-refractivity contribution in [2.45, 2.75) is 32.9 Å². The SMILES string of the molecule is CC(C)NC(=O)Nc1nc2c(s1)CN(C(=O)c1cc3ccccc3o1)CC2. The second kappa shape index (κ2) is 7.03. The topological polar surface area (TPSA) is 87.5 Å². The summed E-state index contributed by atoms with van der Waals surface area (Å²) >= 11 is 1.40. The minimum absolute atomic E-state index is 0.0523. The number of urea groups is 1. The lowest BCUT2D eigenvalue weighted by molar-refractivity contribution is 0.0706. The summed E-state index contributed by atoms with van der Waals surface area (Å²) in [5.41, 5.74) is 1.65. The standard InChI is InChI=1S/C19H20N4O3S/c1-11(2)20-18(25)22-19-21-13-7-8-23(10-16(13)27-19)17(24)15-9-12-5-3-4-6-14(12)26-15/h3-6,9,11H,7-8,10H2,1-2H3,(H2,20,21,22,25). The van der Waals surface area contributed by atoms with E-state index in [0.717, 1.165) is 16.0 Å². The lowest BCUT2D eigenvalue weighted by Crippen LogP contribution is -2.35. The summed E-state index contributed by atoms with van der Waals surface area (Å²) in [6.45, 7) is 4.84. The van der Waals surface area contributed by atoms with E-state index in [0.29, 0.717) is 36.0 Å². The molecule has 0 bridgehead atoms. The Labute approximate surface area is 160 Å². The fourth-order valence-corrected chi connectivity index (χ4v) is 4.08. The van der Waals surface area contributed by atoms with E-state index in [-0.39, 0.29) is 18.0 Å². The van der Waals surface area contributed by atoms with Crippen molar-refractivity contribution in [2.24, 2.45) is 0 Å². The van der Waals surface area contributed by atoms with Crippen LogP contribution in [0.25, 0.3) is 11.0 Å². The van der Waals surface area contributed by atoms with E-state index in [2.05, 4.69) is 15.6 Å². The molecule has 1 aromatic carbocycles. The number of thiazole rings is 1. The smallest absolute Gasteiger partial charge is 0.321 e. The van der Waals surface area contributed by atoms with Gasteiger partial charge < -0.3 is 14.6 Å². The van der Waals surface area contributed by atoms with E-state index in [9.17, 15) is 9.59 Å². The molecule has 0 aliphatic carbocycles. The third kappa shape index (κ3) is 3.66. The summed E-state index contributed by atoms with van der Waals surface area (Å²) in [6, 6.07) is 9.14. The Hall–Kier alpha value is -2.87. The molecule has 2 N–H and O–H groups in total. The number of aromatic nitrogens is 1. The molecular formula is C19H20N4O3S. The van der Waals surface area contributed by atoms with E-state index in [4.69, 9.17) is 4.42 Å². The fourth-order valence-electron chi connectivity index (χ4n) is 3.06. The number of rotatable bonds is 3. The summed E-state index contributed by atoms with van der Waals surface area (Å²) in [7, 11) is 0. The number of fused-ring (bicyclic) bond motifs is 2. The highest BCUT2D eigenvalue weighted by molar-refractivity contribution is 7.15. The van der Waals surface area contributed by atoms with Gasteiger partial charge in [-0.3, -0.25) is 10.1 Å². The van der Waals surface area contributed by atoms with Crippen LogP contribution < -0.4 is 10.6 Å². The molecule has 0 spiro atoms. The van der Waals surface area contributed by atoms with E-state index in [1.807, 2.05) is 38.1 Å². The van der Waals surface area contributed by atoms with Crippen molar-refractivity contribution in [1.82, 2.24) is 15.2 Å². The number of furan rings is 1. The molecule has 0 fully saturated rings. The molecule has 0 radical (unpaired) electrons. The van der Waals surface area contributed by atoms with E-state index >= 15 is 0 Å². The van der Waals surface area contributed by atoms with E-state index in [1.54, 1.807) is 11.0 Å². The molecule has 140 valence electrons. The van der Waals surface area contributed by atoms with Crippen LogP contribution in [0.2, 0.25) is 0 Å². The molecule has 0 atom stereocenters. The predicted molar refractivity (Wildman–Crippen MR) is 104 cm³/mol. The first-order valence-corrected chi connectivity index (χ1v) is 9.65. The van der Waals surface area contributed by atoms with Gasteiger partial charge in [0, 0.05) is 29.3 Å². The van der Waals surface area contributed by atoms with E-state index in [1.165, 1.54) is 11.3 Å². The predicted octanol–water partition coefficient (Wildman–Crippen LogP) is 3.62. The number of para-hydroxylation sites is 1. The lowest BCUT2D eigenvalue weighted by atomic mass is 10.1. The number of nitrogens with zero attached hydrogens (tertiary/aromatic N) is 2. The molecular weight excluding hydrogens is 364 g/mol. The minimum atomic E-state index is -0.272. The number of carbonyl (C=O) groups excluding carboxylic acids is 2. The Morgan fingerprint density at radius 3 is 2.89 bits per heavy atom. The molecule has 8 heteroatoms. The second-order valence-electron chi connectivity index (χ2n) is 6.77. The average molecular weight is 384 g/mol. The first-order valence-electron chi connectivity index (χ1n) is 8.83. The zero-order valence-electron chi connectivity index (χ0n) is 15.1. The van der Waals surface area contributed by atoms with Gasteiger partial charge in [-0.2, -0.15) is 0 Å². The van der Waals surface area contributed by atoms with Crippen LogP contribution in [-0.2, 0) is 13.0 Å². The number of amides is 3. The van der Waals surface area contributed by atoms with Gasteiger partial charge in [0.2, 0.25) is 0 Å². The van der Waals surface area contributed by atoms with Crippen molar-refractivity contribution >= 4 is 39.4 Å². The van der Waals surface area contributed by atoms with Crippen LogP contribution >= 0.6 is 11.3 Å². The lowest BCUT2D eigenvalue weighted by Gasteiger charge is -2.25. The number of carbonyl (C=O) groups is 2. The number of nitrogens with one attached hydrogen (secondary N) is 2. The number of hydrogen-bond acceptors (Lipinski definition) is 5. The Bertz CT molecular complexity index is 974. The monoisotopic (exact) mass is 384 g/mol. The van der Waals surface area contributed by atoms with Gasteiger partial charge in [-0.1, -0.05) is 29.5 Å². The van der Waals surface area contributed by atoms with Crippen molar-refractivity contribution in [1.29, 1.82) is 0 Å². The molecule has 3 heterocycles. The van der Waals surface area contributed by atoms with Crippen molar-refractivity contribution in [3.05, 3.63) is 46.7 Å². The van der Waals surface area contributed by atoms with Crippen LogP contribution in [0.3, 0.4) is 0 Å². The van der Waals surface area contributed by atoms with Gasteiger partial charge in [-0.15, -0.1) is 0 Å². The molecule has 27 heavy (non-hydrogen) atoms. The molecule has 0 saturated heterocycles. The summed E-state index contributed by atoms with van der Waals surface area (Å²) in [4.78, 5) is 31.9. The molecule has 4 rings (SSSR count). The largest absolute Gasteiger partial charge is 0.451 e. The molecule has 1 aliphatic rings. The maximum atomic E-state index is 12.8. The Kier molecular flexibility index (Phi) is 4.57. The van der Waals surface area contributed by atoms with Crippen molar-refractivity contribution in [2.75, 3.05) is 11.9 Å². The van der Waals surface area contributed by atoms with Gasteiger partial charge in [-0.05, 0) is 26.0 Å². The van der Waals surface area contributed by atoms with Crippen molar-refractivity contribution < 1.29 is 14.0 Å². The fraction of sp³-hybridized carbons (Fsp3) is 0.316. The van der Waals surface area contributed by atoms with Gasteiger partial charge in [0.15, 0.2) is 10.9 Å². The summed E-state index contributed by atoms with van der Waals surface area (Å²) in [6.07, 6.45) is 0.658. The summed E-state index contributed by atoms with van der Waals surface area (Å²) in [5, 5.41) is 7.00. The van der Waals surface area contributed by atoms with Crippen LogP contribution in [0.15, 0.2) is 34.7 Å². The van der Waals surface area contributed by atoms with Gasteiger partial charge in [0.25, 0.3) is 5.91 Å². The van der Waals surface area contributed by atoms with E-state index < -0.39 is 0 Å². The molecule has 0 unspecified atom stereocenters. The maximum Gasteiger partial charge on any atom is 0.321 e. The molecule has 3 aromatic rings. The maximum absolute atomic E-state index is 12.8. The van der Waals surface area contributed by atoms with Gasteiger partial charge in [-0.25, -0.2) is 9.78 Å².